The van der Waals surface area contributed by atoms with Gasteiger partial charge in [-0.05, 0) is 24.6 Å². The van der Waals surface area contributed by atoms with Crippen LogP contribution in [0, 0.1) is 18.2 Å². The highest BCUT2D eigenvalue weighted by molar-refractivity contribution is 6.30. The lowest BCUT2D eigenvalue weighted by Gasteiger charge is -2.11. The molecule has 0 saturated heterocycles. The minimum absolute atomic E-state index is 0.0573. The van der Waals surface area contributed by atoms with Crippen LogP contribution in [-0.2, 0) is 0 Å². The average Bonchev–Trinajstić information content (AvgIpc) is 2.25. The molecule has 1 amide bonds. The van der Waals surface area contributed by atoms with Gasteiger partial charge in [0.15, 0.2) is 0 Å². The summed E-state index contributed by atoms with van der Waals surface area (Å²) >= 11 is 5.58. The van der Waals surface area contributed by atoms with Crippen LogP contribution in [0.4, 0.5) is 4.39 Å². The fourth-order valence-electron chi connectivity index (χ4n) is 1.17. The molecule has 0 bridgehead atoms. The Hall–Kier alpha value is -1.53. The predicted octanol–water partition coefficient (Wildman–Crippen LogP) is 2.62. The van der Waals surface area contributed by atoms with Gasteiger partial charge >= 0.3 is 0 Å². The van der Waals surface area contributed by atoms with Crippen molar-refractivity contribution >= 4 is 17.5 Å². The third-order valence-corrected chi connectivity index (χ3v) is 2.33. The van der Waals surface area contributed by atoms with Crippen LogP contribution in [0.2, 0.25) is 5.02 Å². The van der Waals surface area contributed by atoms with Crippen LogP contribution in [0.3, 0.4) is 0 Å². The summed E-state index contributed by atoms with van der Waals surface area (Å²) in [7, 11) is 0. The fourth-order valence-corrected chi connectivity index (χ4v) is 1.33. The topological polar surface area (TPSA) is 29.1 Å². The molecule has 1 rings (SSSR count). The molecule has 0 aliphatic carbocycles. The van der Waals surface area contributed by atoms with Crippen LogP contribution < -0.4 is 5.32 Å². The van der Waals surface area contributed by atoms with Gasteiger partial charge in [0.2, 0.25) is 0 Å². The van der Waals surface area contributed by atoms with Crippen molar-refractivity contribution in [3.8, 4) is 12.3 Å². The largest absolute Gasteiger partial charge is 0.338 e. The Kier molecular flexibility index (Phi) is 4.33. The molecule has 0 aromatic heterocycles. The van der Waals surface area contributed by atoms with Crippen molar-refractivity contribution in [3.63, 3.8) is 0 Å². The number of carbonyl (C=O) groups is 1. The van der Waals surface area contributed by atoms with Gasteiger partial charge in [0.1, 0.15) is 5.82 Å². The van der Waals surface area contributed by atoms with E-state index in [-0.39, 0.29) is 16.6 Å². The van der Waals surface area contributed by atoms with Crippen LogP contribution in [0.15, 0.2) is 18.2 Å². The molecule has 0 fully saturated rings. The lowest BCUT2D eigenvalue weighted by atomic mass is 10.1. The van der Waals surface area contributed by atoms with Gasteiger partial charge in [-0.2, -0.15) is 0 Å². The molecule has 1 atom stereocenters. The maximum Gasteiger partial charge on any atom is 0.255 e. The van der Waals surface area contributed by atoms with E-state index in [0.29, 0.717) is 6.42 Å². The summed E-state index contributed by atoms with van der Waals surface area (Å²) in [5.41, 5.74) is -0.0573. The zero-order valence-electron chi connectivity index (χ0n) is 8.76. The number of benzene rings is 1. The Bertz CT molecular complexity index is 439. The molecule has 0 saturated carbocycles. The first-order valence-electron chi connectivity index (χ1n) is 4.80. The second-order valence-corrected chi connectivity index (χ2v) is 3.66. The van der Waals surface area contributed by atoms with Crippen LogP contribution in [-0.4, -0.2) is 11.9 Å². The molecule has 16 heavy (non-hydrogen) atoms. The van der Waals surface area contributed by atoms with Crippen LogP contribution in [0.25, 0.3) is 0 Å². The standard InChI is InChI=1S/C12H11ClFNO/c1-3-9(4-2)15-12(16)10-6-5-8(13)7-11(10)14/h1,5-7,9H,4H2,2H3,(H,15,16). The van der Waals surface area contributed by atoms with E-state index in [4.69, 9.17) is 18.0 Å². The summed E-state index contributed by atoms with van der Waals surface area (Å²) in [5.74, 6) is 1.22. The maximum absolute atomic E-state index is 13.4. The fraction of sp³-hybridized carbons (Fsp3) is 0.250. The molecule has 1 aromatic rings. The molecule has 0 radical (unpaired) electrons. The summed E-state index contributed by atoms with van der Waals surface area (Å²) in [6.45, 7) is 1.84. The number of hydrogen-bond donors (Lipinski definition) is 1. The number of amides is 1. The van der Waals surface area contributed by atoms with E-state index in [1.807, 2.05) is 6.92 Å². The van der Waals surface area contributed by atoms with Crippen molar-refractivity contribution in [2.75, 3.05) is 0 Å². The third kappa shape index (κ3) is 2.98. The van der Waals surface area contributed by atoms with E-state index < -0.39 is 11.7 Å². The molecule has 1 aromatic carbocycles. The molecule has 4 heteroatoms. The van der Waals surface area contributed by atoms with E-state index in [0.717, 1.165) is 6.07 Å². The summed E-state index contributed by atoms with van der Waals surface area (Å²) in [4.78, 5) is 11.6. The van der Waals surface area contributed by atoms with Gasteiger partial charge in [0.05, 0.1) is 11.6 Å². The maximum atomic E-state index is 13.4. The Morgan fingerprint density at radius 1 is 1.69 bits per heavy atom. The Morgan fingerprint density at radius 2 is 2.38 bits per heavy atom. The van der Waals surface area contributed by atoms with Gasteiger partial charge in [-0.3, -0.25) is 4.79 Å². The number of rotatable bonds is 3. The number of terminal acetylenes is 1. The third-order valence-electron chi connectivity index (χ3n) is 2.09. The summed E-state index contributed by atoms with van der Waals surface area (Å²) in [6, 6.07) is 3.49. The van der Waals surface area contributed by atoms with Gasteiger partial charge in [0, 0.05) is 5.02 Å². The van der Waals surface area contributed by atoms with E-state index >= 15 is 0 Å². The lowest BCUT2D eigenvalue weighted by molar-refractivity contribution is 0.0941. The second-order valence-electron chi connectivity index (χ2n) is 3.23. The van der Waals surface area contributed by atoms with Crippen molar-refractivity contribution in [1.29, 1.82) is 0 Å². The highest BCUT2D eigenvalue weighted by Crippen LogP contribution is 2.14. The molecule has 1 N–H and O–H groups in total. The molecule has 2 nitrogen and oxygen atoms in total. The molecular weight excluding hydrogens is 229 g/mol. The highest BCUT2D eigenvalue weighted by atomic mass is 35.5. The first kappa shape index (κ1) is 12.5. The highest BCUT2D eigenvalue weighted by Gasteiger charge is 2.14. The van der Waals surface area contributed by atoms with Gasteiger partial charge < -0.3 is 5.32 Å². The van der Waals surface area contributed by atoms with Gasteiger partial charge in [0.25, 0.3) is 5.91 Å². The predicted molar refractivity (Wildman–Crippen MR) is 61.8 cm³/mol. The summed E-state index contributed by atoms with van der Waals surface area (Å²) < 4.78 is 13.4. The number of hydrogen-bond acceptors (Lipinski definition) is 1. The molecule has 0 heterocycles. The zero-order chi connectivity index (χ0) is 12.1. The Morgan fingerprint density at radius 3 is 2.88 bits per heavy atom. The van der Waals surface area contributed by atoms with Crippen molar-refractivity contribution in [3.05, 3.63) is 34.6 Å². The van der Waals surface area contributed by atoms with Gasteiger partial charge in [-0.15, -0.1) is 6.42 Å². The SMILES string of the molecule is C#CC(CC)NC(=O)c1ccc(Cl)cc1F. The minimum Gasteiger partial charge on any atom is -0.338 e. The first-order chi connectivity index (χ1) is 7.58. The summed E-state index contributed by atoms with van der Waals surface area (Å²) in [5, 5.41) is 2.78. The molecule has 0 aliphatic heterocycles. The van der Waals surface area contributed by atoms with Crippen molar-refractivity contribution in [2.45, 2.75) is 19.4 Å². The van der Waals surface area contributed by atoms with Crippen LogP contribution >= 0.6 is 11.6 Å². The monoisotopic (exact) mass is 239 g/mol. The van der Waals surface area contributed by atoms with E-state index in [1.165, 1.54) is 12.1 Å². The second kappa shape index (κ2) is 5.53. The number of carbonyl (C=O) groups excluding carboxylic acids is 1. The summed E-state index contributed by atoms with van der Waals surface area (Å²) in [6.07, 6.45) is 5.79. The van der Waals surface area contributed by atoms with E-state index in [9.17, 15) is 9.18 Å². The number of halogens is 2. The number of nitrogens with one attached hydrogen (secondary N) is 1. The molecular formula is C12H11ClFNO. The van der Waals surface area contributed by atoms with Crippen molar-refractivity contribution in [1.82, 2.24) is 5.32 Å². The molecule has 1 unspecified atom stereocenters. The smallest absolute Gasteiger partial charge is 0.255 e. The van der Waals surface area contributed by atoms with E-state index in [1.54, 1.807) is 0 Å². The van der Waals surface area contributed by atoms with Gasteiger partial charge in [-0.25, -0.2) is 4.39 Å². The van der Waals surface area contributed by atoms with Gasteiger partial charge in [-0.1, -0.05) is 24.4 Å². The molecule has 0 aliphatic rings. The lowest BCUT2D eigenvalue weighted by Crippen LogP contribution is -2.33. The Labute approximate surface area is 98.8 Å². The minimum atomic E-state index is -0.656. The quantitative estimate of drug-likeness (QED) is 0.808. The zero-order valence-corrected chi connectivity index (χ0v) is 9.51. The van der Waals surface area contributed by atoms with Crippen LogP contribution in [0.5, 0.6) is 0 Å². The van der Waals surface area contributed by atoms with Crippen LogP contribution in [0.1, 0.15) is 23.7 Å². The van der Waals surface area contributed by atoms with Crippen molar-refractivity contribution < 1.29 is 9.18 Å². The normalized spacial score (nSPS) is 11.6. The van der Waals surface area contributed by atoms with E-state index in [2.05, 4.69) is 11.2 Å². The molecule has 84 valence electrons. The Balaban J connectivity index is 2.85. The molecule has 0 spiro atoms. The first-order valence-corrected chi connectivity index (χ1v) is 5.18. The average molecular weight is 240 g/mol. The van der Waals surface area contributed by atoms with Crippen molar-refractivity contribution in [2.24, 2.45) is 0 Å².